The van der Waals surface area contributed by atoms with Crippen molar-refractivity contribution in [2.75, 3.05) is 31.9 Å². The standard InChI is InChI=1S/C16H26N4O/c1-3-14-9-13(10-15(17)19-14)16(21)18-11-12-5-7-20(4-2)8-6-12/h9-10,12H,3-8,11H2,1-2H3,(H2,17,19)(H,18,21). The van der Waals surface area contributed by atoms with Crippen molar-refractivity contribution < 1.29 is 4.79 Å². The molecular weight excluding hydrogens is 264 g/mol. The molecule has 1 amide bonds. The molecule has 5 nitrogen and oxygen atoms in total. The first-order valence-corrected chi connectivity index (χ1v) is 7.89. The number of carbonyl (C=O) groups is 1. The first kappa shape index (κ1) is 15.8. The number of likely N-dealkylation sites (tertiary alicyclic amines) is 1. The molecule has 0 unspecified atom stereocenters. The molecule has 21 heavy (non-hydrogen) atoms. The van der Waals surface area contributed by atoms with Gasteiger partial charge in [0.25, 0.3) is 5.91 Å². The van der Waals surface area contributed by atoms with Crippen LogP contribution in [0, 0.1) is 5.92 Å². The van der Waals surface area contributed by atoms with Crippen LogP contribution in [0.15, 0.2) is 12.1 Å². The van der Waals surface area contributed by atoms with E-state index in [0.29, 0.717) is 17.3 Å². The van der Waals surface area contributed by atoms with E-state index in [1.807, 2.05) is 13.0 Å². The number of carbonyl (C=O) groups excluding carboxylic acids is 1. The van der Waals surface area contributed by atoms with Crippen molar-refractivity contribution in [2.24, 2.45) is 5.92 Å². The second kappa shape index (κ2) is 7.41. The van der Waals surface area contributed by atoms with Gasteiger partial charge in [-0.15, -0.1) is 0 Å². The molecule has 2 heterocycles. The number of hydrogen-bond donors (Lipinski definition) is 2. The number of pyridine rings is 1. The van der Waals surface area contributed by atoms with Crippen LogP contribution in [0.5, 0.6) is 0 Å². The maximum Gasteiger partial charge on any atom is 0.251 e. The van der Waals surface area contributed by atoms with Crippen molar-refractivity contribution in [3.63, 3.8) is 0 Å². The lowest BCUT2D eigenvalue weighted by atomic mass is 9.96. The molecule has 0 aliphatic carbocycles. The van der Waals surface area contributed by atoms with Gasteiger partial charge in [0.05, 0.1) is 0 Å². The number of nitrogens with zero attached hydrogens (tertiary/aromatic N) is 2. The molecule has 1 aliphatic rings. The van der Waals surface area contributed by atoms with Crippen LogP contribution in [0.3, 0.4) is 0 Å². The third kappa shape index (κ3) is 4.43. The minimum absolute atomic E-state index is 0.0447. The van der Waals surface area contributed by atoms with Crippen LogP contribution >= 0.6 is 0 Å². The molecule has 0 radical (unpaired) electrons. The molecule has 0 spiro atoms. The van der Waals surface area contributed by atoms with Crippen LogP contribution in [-0.4, -0.2) is 42.0 Å². The lowest BCUT2D eigenvalue weighted by molar-refractivity contribution is 0.0936. The van der Waals surface area contributed by atoms with Crippen molar-refractivity contribution in [3.05, 3.63) is 23.4 Å². The molecule has 5 heteroatoms. The number of nitrogens with one attached hydrogen (secondary N) is 1. The predicted molar refractivity (Wildman–Crippen MR) is 85.2 cm³/mol. The monoisotopic (exact) mass is 290 g/mol. The Kier molecular flexibility index (Phi) is 5.56. The van der Waals surface area contributed by atoms with Crippen LogP contribution in [0.2, 0.25) is 0 Å². The van der Waals surface area contributed by atoms with Gasteiger partial charge in [0.2, 0.25) is 0 Å². The number of amides is 1. The first-order valence-electron chi connectivity index (χ1n) is 7.89. The van der Waals surface area contributed by atoms with Crippen molar-refractivity contribution >= 4 is 11.7 Å². The van der Waals surface area contributed by atoms with Gasteiger partial charge in [-0.25, -0.2) is 4.98 Å². The molecule has 0 saturated carbocycles. The molecule has 1 fully saturated rings. The number of piperidine rings is 1. The Morgan fingerprint density at radius 2 is 2.10 bits per heavy atom. The van der Waals surface area contributed by atoms with Crippen molar-refractivity contribution in [1.29, 1.82) is 0 Å². The quantitative estimate of drug-likeness (QED) is 0.865. The first-order chi connectivity index (χ1) is 10.1. The smallest absolute Gasteiger partial charge is 0.251 e. The largest absolute Gasteiger partial charge is 0.384 e. The summed E-state index contributed by atoms with van der Waals surface area (Å²) < 4.78 is 0. The number of rotatable bonds is 5. The number of nitrogen functional groups attached to an aromatic ring is 1. The van der Waals surface area contributed by atoms with E-state index in [2.05, 4.69) is 22.1 Å². The molecule has 0 aromatic carbocycles. The molecule has 0 atom stereocenters. The molecule has 116 valence electrons. The molecule has 1 aromatic heterocycles. The van der Waals surface area contributed by atoms with E-state index in [-0.39, 0.29) is 5.91 Å². The summed E-state index contributed by atoms with van der Waals surface area (Å²) in [5.41, 5.74) is 7.22. The molecular formula is C16H26N4O. The molecule has 1 aromatic rings. The van der Waals surface area contributed by atoms with Gasteiger partial charge >= 0.3 is 0 Å². The van der Waals surface area contributed by atoms with Gasteiger partial charge in [0, 0.05) is 17.8 Å². The van der Waals surface area contributed by atoms with E-state index in [1.54, 1.807) is 6.07 Å². The van der Waals surface area contributed by atoms with Crippen LogP contribution in [-0.2, 0) is 6.42 Å². The average molecular weight is 290 g/mol. The van der Waals surface area contributed by atoms with Gasteiger partial charge in [0.1, 0.15) is 5.82 Å². The average Bonchev–Trinajstić information content (AvgIpc) is 2.52. The molecule has 1 saturated heterocycles. The summed E-state index contributed by atoms with van der Waals surface area (Å²) in [4.78, 5) is 18.9. The fourth-order valence-electron chi connectivity index (χ4n) is 2.77. The van der Waals surface area contributed by atoms with Crippen molar-refractivity contribution in [1.82, 2.24) is 15.2 Å². The van der Waals surface area contributed by atoms with E-state index in [4.69, 9.17) is 5.73 Å². The van der Waals surface area contributed by atoms with Gasteiger partial charge in [-0.05, 0) is 56.9 Å². The zero-order valence-electron chi connectivity index (χ0n) is 13.1. The lowest BCUT2D eigenvalue weighted by Gasteiger charge is -2.31. The number of aryl methyl sites for hydroxylation is 1. The normalized spacial score (nSPS) is 16.9. The Balaban J connectivity index is 1.86. The zero-order valence-corrected chi connectivity index (χ0v) is 13.1. The maximum absolute atomic E-state index is 12.2. The van der Waals surface area contributed by atoms with Crippen LogP contribution < -0.4 is 11.1 Å². The third-order valence-electron chi connectivity index (χ3n) is 4.23. The van der Waals surface area contributed by atoms with E-state index >= 15 is 0 Å². The second-order valence-electron chi connectivity index (χ2n) is 5.71. The Morgan fingerprint density at radius 1 is 1.38 bits per heavy atom. The fraction of sp³-hybridized carbons (Fsp3) is 0.625. The van der Waals surface area contributed by atoms with Gasteiger partial charge in [-0.2, -0.15) is 0 Å². The minimum atomic E-state index is -0.0447. The Morgan fingerprint density at radius 3 is 2.71 bits per heavy atom. The van der Waals surface area contributed by atoms with Gasteiger partial charge in [-0.1, -0.05) is 13.8 Å². The van der Waals surface area contributed by atoms with Crippen LogP contribution in [0.4, 0.5) is 5.82 Å². The molecule has 3 N–H and O–H groups in total. The minimum Gasteiger partial charge on any atom is -0.384 e. The third-order valence-corrected chi connectivity index (χ3v) is 4.23. The van der Waals surface area contributed by atoms with E-state index in [9.17, 15) is 4.79 Å². The van der Waals surface area contributed by atoms with E-state index in [1.165, 1.54) is 0 Å². The lowest BCUT2D eigenvalue weighted by Crippen LogP contribution is -2.38. The highest BCUT2D eigenvalue weighted by atomic mass is 16.1. The number of nitrogens with two attached hydrogens (primary N) is 1. The summed E-state index contributed by atoms with van der Waals surface area (Å²) >= 11 is 0. The summed E-state index contributed by atoms with van der Waals surface area (Å²) in [5.74, 6) is 0.953. The summed E-state index contributed by atoms with van der Waals surface area (Å²) in [6.45, 7) is 8.35. The summed E-state index contributed by atoms with van der Waals surface area (Å²) in [5, 5.41) is 3.04. The number of aromatic nitrogens is 1. The Bertz CT molecular complexity index is 481. The van der Waals surface area contributed by atoms with Crippen molar-refractivity contribution in [3.8, 4) is 0 Å². The summed E-state index contributed by atoms with van der Waals surface area (Å²) in [6, 6.07) is 3.47. The van der Waals surface area contributed by atoms with Crippen LogP contribution in [0.25, 0.3) is 0 Å². The molecule has 1 aliphatic heterocycles. The second-order valence-corrected chi connectivity index (χ2v) is 5.71. The Hall–Kier alpha value is -1.62. The van der Waals surface area contributed by atoms with E-state index < -0.39 is 0 Å². The van der Waals surface area contributed by atoms with Crippen LogP contribution in [0.1, 0.15) is 42.7 Å². The van der Waals surface area contributed by atoms with Gasteiger partial charge in [-0.3, -0.25) is 4.79 Å². The van der Waals surface area contributed by atoms with Crippen molar-refractivity contribution in [2.45, 2.75) is 33.1 Å². The topological polar surface area (TPSA) is 71.2 Å². The summed E-state index contributed by atoms with van der Waals surface area (Å²) in [6.07, 6.45) is 3.10. The van der Waals surface area contributed by atoms with Gasteiger partial charge < -0.3 is 16.0 Å². The Labute approximate surface area is 126 Å². The van der Waals surface area contributed by atoms with Gasteiger partial charge in [0.15, 0.2) is 0 Å². The zero-order chi connectivity index (χ0) is 15.2. The SMILES string of the molecule is CCc1cc(C(=O)NCC2CCN(CC)CC2)cc(N)n1. The fourth-order valence-corrected chi connectivity index (χ4v) is 2.77. The molecule has 0 bridgehead atoms. The number of anilines is 1. The highest BCUT2D eigenvalue weighted by Gasteiger charge is 2.19. The summed E-state index contributed by atoms with van der Waals surface area (Å²) in [7, 11) is 0. The molecule has 2 rings (SSSR count). The highest BCUT2D eigenvalue weighted by Crippen LogP contribution is 2.16. The van der Waals surface area contributed by atoms with E-state index in [0.717, 1.165) is 51.1 Å². The number of hydrogen-bond acceptors (Lipinski definition) is 4. The predicted octanol–water partition coefficient (Wildman–Crippen LogP) is 1.69. The maximum atomic E-state index is 12.2. The highest BCUT2D eigenvalue weighted by molar-refractivity contribution is 5.94.